The highest BCUT2D eigenvalue weighted by molar-refractivity contribution is 7.93. The van der Waals surface area contributed by atoms with Gasteiger partial charge in [-0.2, -0.15) is 5.10 Å². The maximum Gasteiger partial charge on any atom is 0.268 e. The van der Waals surface area contributed by atoms with Crippen molar-refractivity contribution in [3.63, 3.8) is 0 Å². The molecule has 0 saturated carbocycles. The molecule has 0 fully saturated rings. The van der Waals surface area contributed by atoms with Crippen molar-refractivity contribution in [2.75, 3.05) is 37.5 Å². The fraction of sp³-hybridized carbons (Fsp3) is 0.304. The molecule has 1 aromatic heterocycles. The summed E-state index contributed by atoms with van der Waals surface area (Å²) >= 11 is 0. The molecule has 0 aliphatic rings. The average molecular weight is 489 g/mol. The largest absolute Gasteiger partial charge is 0.497 e. The minimum absolute atomic E-state index is 0.0599. The van der Waals surface area contributed by atoms with Gasteiger partial charge in [0.25, 0.3) is 10.0 Å². The SMILES string of the molecule is COc1ccc(N(CC(=O)Nc2ccc(OC)c(OC)c2)S(=O)(=O)c2c(C)nn(C)c2C)cc1. The van der Waals surface area contributed by atoms with Crippen LogP contribution in [0.3, 0.4) is 0 Å². The number of methoxy groups -OCH3 is 3. The Morgan fingerprint density at radius 3 is 2.18 bits per heavy atom. The predicted molar refractivity (Wildman–Crippen MR) is 128 cm³/mol. The maximum atomic E-state index is 13.7. The molecular weight excluding hydrogens is 460 g/mol. The number of sulfonamides is 1. The van der Waals surface area contributed by atoms with Crippen LogP contribution < -0.4 is 23.8 Å². The summed E-state index contributed by atoms with van der Waals surface area (Å²) in [5.74, 6) is 0.961. The van der Waals surface area contributed by atoms with Crippen LogP contribution in [0.2, 0.25) is 0 Å². The van der Waals surface area contributed by atoms with Crippen LogP contribution in [0.1, 0.15) is 11.4 Å². The van der Waals surface area contributed by atoms with E-state index >= 15 is 0 Å². The molecule has 0 atom stereocenters. The Hall–Kier alpha value is -3.73. The molecule has 3 rings (SSSR count). The summed E-state index contributed by atoms with van der Waals surface area (Å²) in [5.41, 5.74) is 1.56. The molecule has 182 valence electrons. The molecule has 0 saturated heterocycles. The zero-order chi connectivity index (χ0) is 25.0. The number of carbonyl (C=O) groups excluding carboxylic acids is 1. The highest BCUT2D eigenvalue weighted by Gasteiger charge is 2.32. The Bertz CT molecular complexity index is 1290. The number of carbonyl (C=O) groups is 1. The number of anilines is 2. The molecule has 11 heteroatoms. The van der Waals surface area contributed by atoms with E-state index in [0.717, 1.165) is 4.31 Å². The number of rotatable bonds is 9. The number of amides is 1. The smallest absolute Gasteiger partial charge is 0.268 e. The van der Waals surface area contributed by atoms with E-state index in [0.29, 0.717) is 40.0 Å². The third kappa shape index (κ3) is 4.93. The van der Waals surface area contributed by atoms with E-state index in [2.05, 4.69) is 10.4 Å². The van der Waals surface area contributed by atoms with Crippen molar-refractivity contribution in [1.29, 1.82) is 0 Å². The van der Waals surface area contributed by atoms with Gasteiger partial charge in [-0.05, 0) is 50.2 Å². The molecular formula is C23H28N4O6S. The van der Waals surface area contributed by atoms with Crippen molar-refractivity contribution in [2.45, 2.75) is 18.7 Å². The molecule has 0 spiro atoms. The van der Waals surface area contributed by atoms with E-state index < -0.39 is 22.5 Å². The Kier molecular flexibility index (Phi) is 7.35. The second-order valence-corrected chi connectivity index (χ2v) is 9.25. The van der Waals surface area contributed by atoms with Crippen LogP contribution in [0, 0.1) is 13.8 Å². The van der Waals surface area contributed by atoms with E-state index in [1.54, 1.807) is 63.4 Å². The summed E-state index contributed by atoms with van der Waals surface area (Å²) in [7, 11) is 2.06. The minimum atomic E-state index is -4.12. The van der Waals surface area contributed by atoms with Gasteiger partial charge in [-0.15, -0.1) is 0 Å². The van der Waals surface area contributed by atoms with Gasteiger partial charge < -0.3 is 19.5 Å². The minimum Gasteiger partial charge on any atom is -0.497 e. The molecule has 0 bridgehead atoms. The molecule has 34 heavy (non-hydrogen) atoms. The van der Waals surface area contributed by atoms with Crippen LogP contribution in [0.25, 0.3) is 0 Å². The number of nitrogens with zero attached hydrogens (tertiary/aromatic N) is 3. The molecule has 1 N–H and O–H groups in total. The molecule has 0 radical (unpaired) electrons. The summed E-state index contributed by atoms with van der Waals surface area (Å²) in [6.45, 7) is 2.83. The predicted octanol–water partition coefficient (Wildman–Crippen LogP) is 2.90. The fourth-order valence-electron chi connectivity index (χ4n) is 3.55. The number of aromatic nitrogens is 2. The molecule has 3 aromatic rings. The van der Waals surface area contributed by atoms with Crippen molar-refractivity contribution in [2.24, 2.45) is 7.05 Å². The summed E-state index contributed by atoms with van der Waals surface area (Å²) in [4.78, 5) is 13.1. The lowest BCUT2D eigenvalue weighted by atomic mass is 10.2. The summed E-state index contributed by atoms with van der Waals surface area (Å²) in [6, 6.07) is 11.3. The molecule has 1 heterocycles. The lowest BCUT2D eigenvalue weighted by Gasteiger charge is -2.24. The molecule has 0 aliphatic carbocycles. The van der Waals surface area contributed by atoms with Crippen LogP contribution in [0.4, 0.5) is 11.4 Å². The van der Waals surface area contributed by atoms with Crippen LogP contribution in [-0.2, 0) is 21.9 Å². The Morgan fingerprint density at radius 1 is 1.00 bits per heavy atom. The lowest BCUT2D eigenvalue weighted by molar-refractivity contribution is -0.114. The van der Waals surface area contributed by atoms with Crippen molar-refractivity contribution < 1.29 is 27.4 Å². The van der Waals surface area contributed by atoms with Gasteiger partial charge in [0.1, 0.15) is 17.2 Å². The summed E-state index contributed by atoms with van der Waals surface area (Å²) < 4.78 is 45.7. The first-order valence-corrected chi connectivity index (χ1v) is 11.7. The first kappa shape index (κ1) is 24.9. The normalized spacial score (nSPS) is 11.1. The van der Waals surface area contributed by atoms with Crippen LogP contribution in [-0.4, -0.2) is 52.0 Å². The van der Waals surface area contributed by atoms with Gasteiger partial charge in [0.05, 0.1) is 38.4 Å². The Labute approximate surface area is 199 Å². The standard InChI is InChI=1S/C23H28N4O6S/c1-15-23(16(2)26(3)25-15)34(29,30)27(18-8-10-19(31-4)11-9-18)14-22(28)24-17-7-12-20(32-5)21(13-17)33-6/h7-13H,14H2,1-6H3,(H,24,28). The number of hydrogen-bond acceptors (Lipinski definition) is 7. The second kappa shape index (κ2) is 10.0. The number of benzene rings is 2. The van der Waals surface area contributed by atoms with Gasteiger partial charge in [0.2, 0.25) is 5.91 Å². The number of hydrogen-bond donors (Lipinski definition) is 1. The quantitative estimate of drug-likeness (QED) is 0.493. The monoisotopic (exact) mass is 488 g/mol. The number of nitrogens with one attached hydrogen (secondary N) is 1. The molecule has 2 aromatic carbocycles. The zero-order valence-electron chi connectivity index (χ0n) is 19.9. The van der Waals surface area contributed by atoms with Gasteiger partial charge in [0, 0.05) is 18.8 Å². The topological polar surface area (TPSA) is 112 Å². The van der Waals surface area contributed by atoms with Gasteiger partial charge in [-0.25, -0.2) is 8.42 Å². The second-order valence-electron chi connectivity index (χ2n) is 7.45. The number of aryl methyl sites for hydroxylation is 2. The lowest BCUT2D eigenvalue weighted by Crippen LogP contribution is -2.38. The third-order valence-electron chi connectivity index (χ3n) is 5.31. The molecule has 10 nitrogen and oxygen atoms in total. The van der Waals surface area contributed by atoms with E-state index in [1.165, 1.54) is 26.0 Å². The number of ether oxygens (including phenoxy) is 3. The Morgan fingerprint density at radius 2 is 1.65 bits per heavy atom. The summed E-state index contributed by atoms with van der Waals surface area (Å²) in [5, 5.41) is 6.95. The van der Waals surface area contributed by atoms with Gasteiger partial charge in [0.15, 0.2) is 11.5 Å². The zero-order valence-corrected chi connectivity index (χ0v) is 20.8. The third-order valence-corrected chi connectivity index (χ3v) is 7.33. The van der Waals surface area contributed by atoms with Crippen molar-refractivity contribution in [3.05, 3.63) is 53.9 Å². The van der Waals surface area contributed by atoms with Crippen LogP contribution >= 0.6 is 0 Å². The van der Waals surface area contributed by atoms with Crippen molar-refractivity contribution in [3.8, 4) is 17.2 Å². The highest BCUT2D eigenvalue weighted by atomic mass is 32.2. The first-order chi connectivity index (χ1) is 16.1. The fourth-order valence-corrected chi connectivity index (χ4v) is 5.37. The molecule has 0 aliphatic heterocycles. The maximum absolute atomic E-state index is 13.7. The van der Waals surface area contributed by atoms with Crippen LogP contribution in [0.15, 0.2) is 47.4 Å². The first-order valence-electron chi connectivity index (χ1n) is 10.3. The van der Waals surface area contributed by atoms with Crippen LogP contribution in [0.5, 0.6) is 17.2 Å². The van der Waals surface area contributed by atoms with E-state index in [9.17, 15) is 13.2 Å². The van der Waals surface area contributed by atoms with Gasteiger partial charge in [-0.1, -0.05) is 0 Å². The van der Waals surface area contributed by atoms with Crippen molar-refractivity contribution in [1.82, 2.24) is 9.78 Å². The van der Waals surface area contributed by atoms with E-state index in [4.69, 9.17) is 14.2 Å². The van der Waals surface area contributed by atoms with Gasteiger partial charge in [-0.3, -0.25) is 13.8 Å². The van der Waals surface area contributed by atoms with E-state index in [1.807, 2.05) is 0 Å². The van der Waals surface area contributed by atoms with Crippen molar-refractivity contribution >= 4 is 27.3 Å². The molecule has 1 amide bonds. The van der Waals surface area contributed by atoms with E-state index in [-0.39, 0.29) is 4.90 Å². The average Bonchev–Trinajstić information content (AvgIpc) is 3.08. The Balaban J connectivity index is 1.98. The van der Waals surface area contributed by atoms with Gasteiger partial charge >= 0.3 is 0 Å². The molecule has 0 unspecified atom stereocenters. The highest BCUT2D eigenvalue weighted by Crippen LogP contribution is 2.31. The summed E-state index contributed by atoms with van der Waals surface area (Å²) in [6.07, 6.45) is 0.